The average molecular weight is 584 g/mol. The lowest BCUT2D eigenvalue weighted by Crippen LogP contribution is -2.03. The predicted octanol–water partition coefficient (Wildman–Crippen LogP) is 6.48. The van der Waals surface area contributed by atoms with Crippen molar-refractivity contribution in [3.8, 4) is 34.5 Å². The minimum absolute atomic E-state index is 0.255. The van der Waals surface area contributed by atoms with E-state index in [4.69, 9.17) is 28.4 Å². The van der Waals surface area contributed by atoms with Gasteiger partial charge in [0.05, 0.1) is 47.1 Å². The molecule has 38 heavy (non-hydrogen) atoms. The van der Waals surface area contributed by atoms with Crippen molar-refractivity contribution in [1.82, 2.24) is 0 Å². The maximum atomic E-state index is 13.0. The summed E-state index contributed by atoms with van der Waals surface area (Å²) in [6, 6.07) is 13.0. The van der Waals surface area contributed by atoms with Gasteiger partial charge in [0.2, 0.25) is 11.5 Å². The van der Waals surface area contributed by atoms with Gasteiger partial charge in [0.1, 0.15) is 0 Å². The third-order valence-electron chi connectivity index (χ3n) is 5.61. The van der Waals surface area contributed by atoms with Crippen molar-refractivity contribution in [1.29, 1.82) is 0 Å². The van der Waals surface area contributed by atoms with Crippen molar-refractivity contribution >= 4 is 39.6 Å². The first-order chi connectivity index (χ1) is 18.4. The summed E-state index contributed by atoms with van der Waals surface area (Å²) in [5.41, 5.74) is 2.96. The molecule has 0 aromatic heterocycles. The summed E-state index contributed by atoms with van der Waals surface area (Å²) in [6.45, 7) is 0. The molecule has 3 aromatic rings. The van der Waals surface area contributed by atoms with Crippen LogP contribution in [0.25, 0.3) is 12.2 Å². The van der Waals surface area contributed by atoms with E-state index in [1.165, 1.54) is 27.4 Å². The van der Waals surface area contributed by atoms with Gasteiger partial charge in [-0.1, -0.05) is 30.4 Å². The lowest BCUT2D eigenvalue weighted by Gasteiger charge is -2.15. The van der Waals surface area contributed by atoms with Gasteiger partial charge in [-0.15, -0.1) is 0 Å². The van der Waals surface area contributed by atoms with Gasteiger partial charge < -0.3 is 33.7 Å². The number of allylic oxidation sites excluding steroid dienone is 1. The van der Waals surface area contributed by atoms with Crippen LogP contribution in [0.5, 0.6) is 34.5 Å². The van der Waals surface area contributed by atoms with Crippen LogP contribution >= 0.6 is 15.9 Å². The lowest BCUT2D eigenvalue weighted by molar-refractivity contribution is 0.104. The standard InChI is InChI=1S/C29H30BrNO7/c1-33-23-15-18(16-24(34-2)27(23)36-4)11-12-19-9-7-8-10-21(19)31-14-13-22(32)20-17-25(35-3)28(37-5)29(38-6)26(20)30/h7-17,31H,1-6H3/b12-11-,14-13-. The Hall–Kier alpha value is -4.11. The van der Waals surface area contributed by atoms with Gasteiger partial charge in [0, 0.05) is 23.5 Å². The van der Waals surface area contributed by atoms with Crippen LogP contribution in [0, 0.1) is 0 Å². The number of rotatable bonds is 12. The molecular formula is C29H30BrNO7. The molecule has 0 aliphatic heterocycles. The molecule has 0 atom stereocenters. The van der Waals surface area contributed by atoms with Gasteiger partial charge >= 0.3 is 0 Å². The predicted molar refractivity (Wildman–Crippen MR) is 152 cm³/mol. The monoisotopic (exact) mass is 583 g/mol. The molecule has 0 heterocycles. The molecule has 8 nitrogen and oxygen atoms in total. The number of halogens is 1. The van der Waals surface area contributed by atoms with Gasteiger partial charge in [0.15, 0.2) is 28.8 Å². The molecule has 0 aliphatic rings. The molecule has 0 spiro atoms. The highest BCUT2D eigenvalue weighted by Crippen LogP contribution is 2.45. The smallest absolute Gasteiger partial charge is 0.204 e. The Morgan fingerprint density at radius 3 is 1.89 bits per heavy atom. The molecule has 0 aliphatic carbocycles. The second-order valence-electron chi connectivity index (χ2n) is 7.73. The Bertz CT molecular complexity index is 1330. The molecular weight excluding hydrogens is 554 g/mol. The summed E-state index contributed by atoms with van der Waals surface area (Å²) in [7, 11) is 9.22. The van der Waals surface area contributed by atoms with E-state index >= 15 is 0 Å². The highest BCUT2D eigenvalue weighted by atomic mass is 79.9. The zero-order chi connectivity index (χ0) is 27.7. The quantitative estimate of drug-likeness (QED) is 0.147. The fourth-order valence-electron chi connectivity index (χ4n) is 3.75. The fourth-order valence-corrected chi connectivity index (χ4v) is 4.41. The highest BCUT2D eigenvalue weighted by Gasteiger charge is 2.21. The number of nitrogens with one attached hydrogen (secondary N) is 1. The van der Waals surface area contributed by atoms with Crippen LogP contribution in [-0.4, -0.2) is 48.4 Å². The van der Waals surface area contributed by atoms with Crippen LogP contribution in [0.1, 0.15) is 21.5 Å². The number of ether oxygens (including phenoxy) is 6. The molecule has 3 rings (SSSR count). The Labute approximate surface area is 230 Å². The minimum atomic E-state index is -0.255. The normalized spacial score (nSPS) is 10.9. The second kappa shape index (κ2) is 13.4. The van der Waals surface area contributed by atoms with Gasteiger partial charge in [0.25, 0.3) is 0 Å². The van der Waals surface area contributed by atoms with Crippen molar-refractivity contribution in [2.45, 2.75) is 0 Å². The molecule has 0 unspecified atom stereocenters. The molecule has 0 fully saturated rings. The van der Waals surface area contributed by atoms with E-state index < -0.39 is 0 Å². The number of hydrogen-bond donors (Lipinski definition) is 1. The summed E-state index contributed by atoms with van der Waals surface area (Å²) in [5, 5.41) is 3.19. The van der Waals surface area contributed by atoms with Crippen LogP contribution in [0.4, 0.5) is 5.69 Å². The number of hydrogen-bond acceptors (Lipinski definition) is 8. The molecule has 9 heteroatoms. The summed E-state index contributed by atoms with van der Waals surface area (Å²) >= 11 is 3.45. The molecule has 1 N–H and O–H groups in total. The van der Waals surface area contributed by atoms with Crippen LogP contribution in [-0.2, 0) is 0 Å². The minimum Gasteiger partial charge on any atom is -0.493 e. The number of methoxy groups -OCH3 is 6. The maximum Gasteiger partial charge on any atom is 0.204 e. The number of benzene rings is 3. The Kier molecular flexibility index (Phi) is 10.1. The topological polar surface area (TPSA) is 84.5 Å². The first kappa shape index (κ1) is 28.5. The fraction of sp³-hybridized carbons (Fsp3) is 0.207. The third kappa shape index (κ3) is 6.23. The average Bonchev–Trinajstić information content (AvgIpc) is 2.95. The van der Waals surface area contributed by atoms with E-state index in [-0.39, 0.29) is 5.78 Å². The van der Waals surface area contributed by atoms with Crippen molar-refractivity contribution in [2.75, 3.05) is 48.0 Å². The summed E-state index contributed by atoms with van der Waals surface area (Å²) in [6.07, 6.45) is 6.91. The van der Waals surface area contributed by atoms with Crippen LogP contribution in [0.3, 0.4) is 0 Å². The van der Waals surface area contributed by atoms with Crippen molar-refractivity contribution in [2.24, 2.45) is 0 Å². The highest BCUT2D eigenvalue weighted by molar-refractivity contribution is 9.10. The van der Waals surface area contributed by atoms with Gasteiger partial charge in [-0.05, 0) is 51.3 Å². The zero-order valence-electron chi connectivity index (χ0n) is 22.1. The number of para-hydroxylation sites is 1. The zero-order valence-corrected chi connectivity index (χ0v) is 23.7. The van der Waals surface area contributed by atoms with Gasteiger partial charge in [-0.2, -0.15) is 0 Å². The van der Waals surface area contributed by atoms with E-state index in [0.717, 1.165) is 16.8 Å². The van der Waals surface area contributed by atoms with E-state index in [1.54, 1.807) is 33.6 Å². The number of carbonyl (C=O) groups excluding carboxylic acids is 1. The SMILES string of the molecule is COc1cc(/C=C\c2ccccc2N/C=C\C(=O)c2cc(OC)c(OC)c(OC)c2Br)cc(OC)c1OC. The van der Waals surface area contributed by atoms with Crippen LogP contribution < -0.4 is 33.7 Å². The largest absolute Gasteiger partial charge is 0.493 e. The third-order valence-corrected chi connectivity index (χ3v) is 6.40. The molecule has 0 radical (unpaired) electrons. The van der Waals surface area contributed by atoms with Gasteiger partial charge in [-0.3, -0.25) is 4.79 Å². The maximum absolute atomic E-state index is 13.0. The van der Waals surface area contributed by atoms with Gasteiger partial charge in [-0.25, -0.2) is 0 Å². The summed E-state index contributed by atoms with van der Waals surface area (Å²) in [5.74, 6) is 2.57. The summed E-state index contributed by atoms with van der Waals surface area (Å²) < 4.78 is 32.9. The number of ketones is 1. The number of carbonyl (C=O) groups is 1. The van der Waals surface area contributed by atoms with E-state index in [0.29, 0.717) is 44.5 Å². The molecule has 0 amide bonds. The molecule has 200 valence electrons. The van der Waals surface area contributed by atoms with Crippen molar-refractivity contribution in [3.63, 3.8) is 0 Å². The van der Waals surface area contributed by atoms with E-state index in [9.17, 15) is 4.79 Å². The first-order valence-corrected chi connectivity index (χ1v) is 12.2. The van der Waals surface area contributed by atoms with Crippen molar-refractivity contribution < 1.29 is 33.2 Å². The Balaban J connectivity index is 1.84. The van der Waals surface area contributed by atoms with Crippen LogP contribution in [0.15, 0.2) is 59.2 Å². The molecule has 0 saturated carbocycles. The van der Waals surface area contributed by atoms with E-state index in [1.807, 2.05) is 48.6 Å². The molecule has 0 saturated heterocycles. The molecule has 3 aromatic carbocycles. The summed E-state index contributed by atoms with van der Waals surface area (Å²) in [4.78, 5) is 13.0. The lowest BCUT2D eigenvalue weighted by atomic mass is 10.1. The van der Waals surface area contributed by atoms with Crippen molar-refractivity contribution in [3.05, 3.63) is 75.9 Å². The first-order valence-electron chi connectivity index (χ1n) is 11.4. The van der Waals surface area contributed by atoms with Crippen LogP contribution in [0.2, 0.25) is 0 Å². The molecule has 0 bridgehead atoms. The van der Waals surface area contributed by atoms with E-state index in [2.05, 4.69) is 21.2 Å². The Morgan fingerprint density at radius 1 is 0.737 bits per heavy atom. The Morgan fingerprint density at radius 2 is 1.32 bits per heavy atom. The second-order valence-corrected chi connectivity index (χ2v) is 8.52. The number of anilines is 1.